The van der Waals surface area contributed by atoms with Crippen LogP contribution in [0.2, 0.25) is 0 Å². The number of nitrogens with zero attached hydrogens (tertiary/aromatic N) is 2. The Labute approximate surface area is 163 Å². The Balaban J connectivity index is 1.51. The van der Waals surface area contributed by atoms with Gasteiger partial charge in [0.2, 0.25) is 0 Å². The van der Waals surface area contributed by atoms with Crippen molar-refractivity contribution in [3.05, 3.63) is 70.9 Å². The van der Waals surface area contributed by atoms with Crippen molar-refractivity contribution in [2.45, 2.75) is 19.6 Å². The van der Waals surface area contributed by atoms with Gasteiger partial charge < -0.3 is 14.8 Å². The number of methoxy groups -OCH3 is 2. The van der Waals surface area contributed by atoms with Crippen molar-refractivity contribution in [3.63, 3.8) is 0 Å². The van der Waals surface area contributed by atoms with Crippen molar-refractivity contribution in [3.8, 4) is 11.5 Å². The number of hydrogen-bond donors (Lipinski definition) is 2. The fraction of sp³-hybridized carbons (Fsp3) is 0.238. The molecule has 2 aromatic carbocycles. The van der Waals surface area contributed by atoms with Gasteiger partial charge in [0.05, 0.1) is 19.9 Å². The Morgan fingerprint density at radius 3 is 2.46 bits per heavy atom. The highest BCUT2D eigenvalue weighted by Gasteiger charge is 2.27. The molecule has 1 aliphatic heterocycles. The SMILES string of the molecule is COc1cccc(OC)c1C(=O)Nc1n[nH]c2c1CN(Cc1ccccc1)C2. The zero-order valence-corrected chi connectivity index (χ0v) is 15.9. The van der Waals surface area contributed by atoms with E-state index in [0.717, 1.165) is 30.9 Å². The van der Waals surface area contributed by atoms with E-state index in [0.29, 0.717) is 22.9 Å². The third-order valence-electron chi connectivity index (χ3n) is 4.85. The van der Waals surface area contributed by atoms with E-state index in [2.05, 4.69) is 32.5 Å². The number of fused-ring (bicyclic) bond motifs is 1. The molecule has 1 amide bonds. The Morgan fingerprint density at radius 2 is 1.79 bits per heavy atom. The summed E-state index contributed by atoms with van der Waals surface area (Å²) in [6.45, 7) is 2.33. The van der Waals surface area contributed by atoms with Gasteiger partial charge in [-0.1, -0.05) is 36.4 Å². The molecule has 4 rings (SSSR count). The molecule has 0 atom stereocenters. The molecule has 1 aliphatic rings. The lowest BCUT2D eigenvalue weighted by molar-refractivity contribution is 0.102. The molecule has 0 bridgehead atoms. The number of anilines is 1. The molecular formula is C21H22N4O3. The molecule has 0 saturated heterocycles. The van der Waals surface area contributed by atoms with Crippen molar-refractivity contribution in [1.82, 2.24) is 15.1 Å². The van der Waals surface area contributed by atoms with Crippen molar-refractivity contribution in [2.75, 3.05) is 19.5 Å². The van der Waals surface area contributed by atoms with E-state index in [1.54, 1.807) is 18.2 Å². The standard InChI is InChI=1S/C21H22N4O3/c1-27-17-9-6-10-18(28-2)19(17)21(26)22-20-15-12-25(13-16(15)23-24-20)11-14-7-4-3-5-8-14/h3-10H,11-13H2,1-2H3,(H2,22,23,24,26). The van der Waals surface area contributed by atoms with Crippen LogP contribution in [-0.4, -0.2) is 35.2 Å². The Hall–Kier alpha value is -3.32. The normalized spacial score (nSPS) is 13.2. The maximum atomic E-state index is 12.9. The van der Waals surface area contributed by atoms with Crippen molar-refractivity contribution in [1.29, 1.82) is 0 Å². The third kappa shape index (κ3) is 3.44. The Bertz CT molecular complexity index is 962. The average molecular weight is 378 g/mol. The number of H-pyrrole nitrogens is 1. The van der Waals surface area contributed by atoms with Crippen LogP contribution in [0.25, 0.3) is 0 Å². The van der Waals surface area contributed by atoms with E-state index in [4.69, 9.17) is 9.47 Å². The molecule has 0 aliphatic carbocycles. The highest BCUT2D eigenvalue weighted by atomic mass is 16.5. The van der Waals surface area contributed by atoms with Gasteiger partial charge in [0.15, 0.2) is 5.82 Å². The summed E-state index contributed by atoms with van der Waals surface area (Å²) in [4.78, 5) is 15.2. The number of benzene rings is 2. The van der Waals surface area contributed by atoms with Crippen LogP contribution < -0.4 is 14.8 Å². The van der Waals surface area contributed by atoms with E-state index in [1.807, 2.05) is 18.2 Å². The zero-order valence-electron chi connectivity index (χ0n) is 15.9. The van der Waals surface area contributed by atoms with E-state index in [-0.39, 0.29) is 5.91 Å². The first-order valence-electron chi connectivity index (χ1n) is 9.04. The number of aromatic amines is 1. The number of carbonyl (C=O) groups is 1. The first kappa shape index (κ1) is 18.1. The number of aromatic nitrogens is 2. The summed E-state index contributed by atoms with van der Waals surface area (Å²) < 4.78 is 10.7. The molecule has 0 spiro atoms. The van der Waals surface area contributed by atoms with Crippen molar-refractivity contribution in [2.24, 2.45) is 0 Å². The lowest BCUT2D eigenvalue weighted by Gasteiger charge is -2.15. The monoisotopic (exact) mass is 378 g/mol. The summed E-state index contributed by atoms with van der Waals surface area (Å²) in [5.41, 5.74) is 3.64. The number of rotatable bonds is 6. The predicted octanol–water partition coefficient (Wildman–Crippen LogP) is 3.20. The molecule has 1 aromatic heterocycles. The van der Waals surface area contributed by atoms with Crippen LogP contribution >= 0.6 is 0 Å². The van der Waals surface area contributed by atoms with E-state index in [1.165, 1.54) is 19.8 Å². The number of carbonyl (C=O) groups excluding carboxylic acids is 1. The Morgan fingerprint density at radius 1 is 1.07 bits per heavy atom. The molecule has 0 radical (unpaired) electrons. The molecule has 28 heavy (non-hydrogen) atoms. The zero-order chi connectivity index (χ0) is 19.5. The molecule has 2 N–H and O–H groups in total. The van der Waals surface area contributed by atoms with E-state index in [9.17, 15) is 4.79 Å². The smallest absolute Gasteiger partial charge is 0.264 e. The third-order valence-corrected chi connectivity index (χ3v) is 4.85. The van der Waals surface area contributed by atoms with Gasteiger partial charge in [-0.2, -0.15) is 5.10 Å². The maximum absolute atomic E-state index is 12.9. The van der Waals surface area contributed by atoms with Crippen molar-refractivity contribution >= 4 is 11.7 Å². The maximum Gasteiger partial charge on any atom is 0.264 e. The summed E-state index contributed by atoms with van der Waals surface area (Å²) in [5, 5.41) is 10.2. The fourth-order valence-corrected chi connectivity index (χ4v) is 3.51. The minimum absolute atomic E-state index is 0.315. The van der Waals surface area contributed by atoms with E-state index < -0.39 is 0 Å². The highest BCUT2D eigenvalue weighted by molar-refractivity contribution is 6.08. The summed E-state index contributed by atoms with van der Waals surface area (Å²) in [6.07, 6.45) is 0. The van der Waals surface area contributed by atoms with Gasteiger partial charge in [-0.3, -0.25) is 14.8 Å². The van der Waals surface area contributed by atoms with Gasteiger partial charge in [0.1, 0.15) is 17.1 Å². The summed E-state index contributed by atoms with van der Waals surface area (Å²) in [7, 11) is 3.05. The van der Waals surface area contributed by atoms with Crippen LogP contribution in [0.3, 0.4) is 0 Å². The molecule has 3 aromatic rings. The summed E-state index contributed by atoms with van der Waals surface area (Å²) in [5.74, 6) is 1.14. The van der Waals surface area contributed by atoms with Gasteiger partial charge in [0.25, 0.3) is 5.91 Å². The topological polar surface area (TPSA) is 79.5 Å². The second-order valence-corrected chi connectivity index (χ2v) is 6.65. The predicted molar refractivity (Wildman–Crippen MR) is 105 cm³/mol. The minimum atomic E-state index is -0.315. The second-order valence-electron chi connectivity index (χ2n) is 6.65. The largest absolute Gasteiger partial charge is 0.496 e. The number of amides is 1. The average Bonchev–Trinajstić information content (AvgIpc) is 3.29. The minimum Gasteiger partial charge on any atom is -0.496 e. The Kier molecular flexibility index (Phi) is 4.99. The van der Waals surface area contributed by atoms with Crippen LogP contribution in [0.4, 0.5) is 5.82 Å². The second kappa shape index (κ2) is 7.74. The number of nitrogens with one attached hydrogen (secondary N) is 2. The number of ether oxygens (including phenoxy) is 2. The van der Waals surface area contributed by atoms with Gasteiger partial charge in [0, 0.05) is 25.2 Å². The first-order valence-corrected chi connectivity index (χ1v) is 9.04. The molecule has 0 unspecified atom stereocenters. The molecule has 144 valence electrons. The van der Waals surface area contributed by atoms with Gasteiger partial charge >= 0.3 is 0 Å². The molecule has 0 saturated carbocycles. The fourth-order valence-electron chi connectivity index (χ4n) is 3.51. The molecule has 7 nitrogen and oxygen atoms in total. The lowest BCUT2D eigenvalue weighted by Crippen LogP contribution is -2.18. The van der Waals surface area contributed by atoms with Crippen molar-refractivity contribution < 1.29 is 14.3 Å². The lowest BCUT2D eigenvalue weighted by atomic mass is 10.1. The van der Waals surface area contributed by atoms with Gasteiger partial charge in [-0.05, 0) is 17.7 Å². The first-order chi connectivity index (χ1) is 13.7. The molecule has 0 fully saturated rings. The van der Waals surface area contributed by atoms with Crippen LogP contribution in [0.5, 0.6) is 11.5 Å². The van der Waals surface area contributed by atoms with Crippen LogP contribution in [-0.2, 0) is 19.6 Å². The van der Waals surface area contributed by atoms with Gasteiger partial charge in [-0.25, -0.2) is 0 Å². The molecule has 7 heteroatoms. The summed E-state index contributed by atoms with van der Waals surface area (Å²) in [6, 6.07) is 15.6. The van der Waals surface area contributed by atoms with Crippen LogP contribution in [0, 0.1) is 0 Å². The van der Waals surface area contributed by atoms with E-state index >= 15 is 0 Å². The van der Waals surface area contributed by atoms with Crippen LogP contribution in [0.1, 0.15) is 27.2 Å². The molecule has 2 heterocycles. The highest BCUT2D eigenvalue weighted by Crippen LogP contribution is 2.31. The summed E-state index contributed by atoms with van der Waals surface area (Å²) >= 11 is 0. The van der Waals surface area contributed by atoms with Crippen LogP contribution in [0.15, 0.2) is 48.5 Å². The quantitative estimate of drug-likeness (QED) is 0.689. The number of hydrogen-bond acceptors (Lipinski definition) is 5. The molecular weight excluding hydrogens is 356 g/mol. The van der Waals surface area contributed by atoms with Gasteiger partial charge in [-0.15, -0.1) is 0 Å².